The molecule has 0 aliphatic heterocycles. The van der Waals surface area contributed by atoms with Gasteiger partial charge in [-0.25, -0.2) is 15.8 Å². The van der Waals surface area contributed by atoms with E-state index in [-0.39, 0.29) is 0 Å². The molecule has 94 valence electrons. The topological polar surface area (TPSA) is 81.7 Å². The van der Waals surface area contributed by atoms with Gasteiger partial charge in [0.15, 0.2) is 5.82 Å². The van der Waals surface area contributed by atoms with Crippen LogP contribution in [0.4, 0.5) is 5.82 Å². The monoisotopic (exact) mass is 244 g/mol. The lowest BCUT2D eigenvalue weighted by Crippen LogP contribution is -2.10. The van der Waals surface area contributed by atoms with E-state index in [4.69, 9.17) is 5.84 Å². The summed E-state index contributed by atoms with van der Waals surface area (Å²) in [7, 11) is 1.89. The minimum Gasteiger partial charge on any atom is -0.308 e. The van der Waals surface area contributed by atoms with Crippen LogP contribution in [0.25, 0.3) is 11.4 Å². The Labute approximate surface area is 105 Å². The summed E-state index contributed by atoms with van der Waals surface area (Å²) in [6.45, 7) is 1.96. The maximum absolute atomic E-state index is 5.47. The number of hydrogen-bond donors (Lipinski definition) is 2. The molecule has 0 atom stereocenters. The fourth-order valence-corrected chi connectivity index (χ4v) is 2.07. The van der Waals surface area contributed by atoms with Crippen LogP contribution in [0.1, 0.15) is 30.1 Å². The van der Waals surface area contributed by atoms with E-state index in [1.807, 2.05) is 26.2 Å². The lowest BCUT2D eigenvalue weighted by atomic mass is 10.2. The normalized spacial score (nSPS) is 14.8. The molecule has 2 aromatic rings. The zero-order valence-electron chi connectivity index (χ0n) is 10.5. The Morgan fingerprint density at radius 2 is 2.17 bits per heavy atom. The molecule has 6 heteroatoms. The average molecular weight is 244 g/mol. The minimum atomic E-state index is 0.566. The van der Waals surface area contributed by atoms with Crippen LogP contribution in [0, 0.1) is 6.92 Å². The van der Waals surface area contributed by atoms with Crippen LogP contribution in [0.15, 0.2) is 12.3 Å². The third-order valence-corrected chi connectivity index (χ3v) is 3.14. The highest BCUT2D eigenvalue weighted by Gasteiger charge is 2.26. The number of anilines is 1. The molecule has 0 amide bonds. The van der Waals surface area contributed by atoms with E-state index in [9.17, 15) is 0 Å². The number of nitrogens with two attached hydrogens (primary N) is 1. The Balaban J connectivity index is 2.10. The molecule has 1 fully saturated rings. The second kappa shape index (κ2) is 4.06. The molecule has 0 saturated heterocycles. The Morgan fingerprint density at radius 1 is 1.39 bits per heavy atom. The lowest BCUT2D eigenvalue weighted by Gasteiger charge is -2.06. The Kier molecular flexibility index (Phi) is 2.52. The quantitative estimate of drug-likeness (QED) is 0.629. The van der Waals surface area contributed by atoms with Crippen molar-refractivity contribution in [3.8, 4) is 11.4 Å². The fourth-order valence-electron chi connectivity index (χ4n) is 2.07. The molecule has 0 spiro atoms. The number of hydrogen-bond acceptors (Lipinski definition) is 5. The molecule has 1 saturated carbocycles. The summed E-state index contributed by atoms with van der Waals surface area (Å²) >= 11 is 0. The van der Waals surface area contributed by atoms with Gasteiger partial charge in [-0.15, -0.1) is 0 Å². The van der Waals surface area contributed by atoms with Crippen molar-refractivity contribution in [2.75, 3.05) is 5.43 Å². The van der Waals surface area contributed by atoms with E-state index < -0.39 is 0 Å². The summed E-state index contributed by atoms with van der Waals surface area (Å²) < 4.78 is 1.77. The van der Waals surface area contributed by atoms with Gasteiger partial charge in [0.1, 0.15) is 5.82 Å². The number of aromatic nitrogens is 4. The predicted octanol–water partition coefficient (Wildman–Crippen LogP) is 1.35. The van der Waals surface area contributed by atoms with Crippen LogP contribution >= 0.6 is 0 Å². The van der Waals surface area contributed by atoms with Gasteiger partial charge >= 0.3 is 0 Å². The maximum atomic E-state index is 5.47. The number of hydrazine groups is 1. The minimum absolute atomic E-state index is 0.566. The summed E-state index contributed by atoms with van der Waals surface area (Å²) in [4.78, 5) is 9.03. The second-order valence-corrected chi connectivity index (χ2v) is 4.72. The first-order valence-corrected chi connectivity index (χ1v) is 6.03. The fraction of sp³-hybridized carbons (Fsp3) is 0.417. The Bertz CT molecular complexity index is 584. The van der Waals surface area contributed by atoms with Crippen LogP contribution in [-0.4, -0.2) is 19.7 Å². The standard InChI is InChI=1S/C12H16N6/c1-7-9(6-18(2)17-7)12-14-10(8-3-4-8)5-11(15-12)16-13/h5-6,8H,3-4,13H2,1-2H3,(H,14,15,16). The van der Waals surface area contributed by atoms with Gasteiger partial charge in [0, 0.05) is 30.9 Å². The molecular formula is C12H16N6. The number of aryl methyl sites for hydroxylation is 2. The first kappa shape index (κ1) is 11.2. The van der Waals surface area contributed by atoms with E-state index >= 15 is 0 Å². The van der Waals surface area contributed by atoms with Crippen LogP contribution < -0.4 is 11.3 Å². The molecule has 3 rings (SSSR count). The van der Waals surface area contributed by atoms with Crippen LogP contribution in [0.5, 0.6) is 0 Å². The van der Waals surface area contributed by atoms with Crippen LogP contribution in [0.3, 0.4) is 0 Å². The van der Waals surface area contributed by atoms with Gasteiger partial charge in [-0.2, -0.15) is 5.10 Å². The van der Waals surface area contributed by atoms with E-state index in [0.29, 0.717) is 17.6 Å². The van der Waals surface area contributed by atoms with Crippen molar-refractivity contribution in [1.82, 2.24) is 19.7 Å². The van der Waals surface area contributed by atoms with Gasteiger partial charge < -0.3 is 5.43 Å². The molecule has 18 heavy (non-hydrogen) atoms. The van der Waals surface area contributed by atoms with Gasteiger partial charge in [-0.05, 0) is 19.8 Å². The smallest absolute Gasteiger partial charge is 0.165 e. The van der Waals surface area contributed by atoms with Gasteiger partial charge in [0.2, 0.25) is 0 Å². The van der Waals surface area contributed by atoms with Crippen molar-refractivity contribution in [2.45, 2.75) is 25.7 Å². The first-order chi connectivity index (χ1) is 8.67. The van der Waals surface area contributed by atoms with Gasteiger partial charge in [0.25, 0.3) is 0 Å². The zero-order chi connectivity index (χ0) is 12.7. The highest BCUT2D eigenvalue weighted by atomic mass is 15.3. The third kappa shape index (κ3) is 1.95. The highest BCUT2D eigenvalue weighted by Crippen LogP contribution is 2.40. The van der Waals surface area contributed by atoms with Gasteiger partial charge in [-0.1, -0.05) is 0 Å². The highest BCUT2D eigenvalue weighted by molar-refractivity contribution is 5.59. The molecule has 0 aromatic carbocycles. The van der Waals surface area contributed by atoms with Crippen LogP contribution in [0.2, 0.25) is 0 Å². The largest absolute Gasteiger partial charge is 0.308 e. The van der Waals surface area contributed by atoms with Gasteiger partial charge in [-0.3, -0.25) is 4.68 Å². The maximum Gasteiger partial charge on any atom is 0.165 e. The van der Waals surface area contributed by atoms with Crippen molar-refractivity contribution in [1.29, 1.82) is 0 Å². The van der Waals surface area contributed by atoms with Crippen molar-refractivity contribution < 1.29 is 0 Å². The second-order valence-electron chi connectivity index (χ2n) is 4.72. The molecule has 2 heterocycles. The molecule has 6 nitrogen and oxygen atoms in total. The van der Waals surface area contributed by atoms with Crippen molar-refractivity contribution >= 4 is 5.82 Å². The Hall–Kier alpha value is -1.95. The van der Waals surface area contributed by atoms with Crippen molar-refractivity contribution in [2.24, 2.45) is 12.9 Å². The molecule has 1 aliphatic carbocycles. The summed E-state index contributed by atoms with van der Waals surface area (Å²) in [6.07, 6.45) is 4.33. The number of rotatable bonds is 3. The first-order valence-electron chi connectivity index (χ1n) is 6.03. The molecule has 2 aromatic heterocycles. The lowest BCUT2D eigenvalue weighted by molar-refractivity contribution is 0.756. The van der Waals surface area contributed by atoms with E-state index in [1.165, 1.54) is 12.8 Å². The number of nitrogen functional groups attached to an aromatic ring is 1. The average Bonchev–Trinajstić information content (AvgIpc) is 3.14. The Morgan fingerprint density at radius 3 is 2.72 bits per heavy atom. The molecular weight excluding hydrogens is 228 g/mol. The third-order valence-electron chi connectivity index (χ3n) is 3.14. The summed E-state index contributed by atoms with van der Waals surface area (Å²) in [5.74, 6) is 7.38. The number of nitrogens with zero attached hydrogens (tertiary/aromatic N) is 4. The van der Waals surface area contributed by atoms with Crippen molar-refractivity contribution in [3.05, 3.63) is 23.7 Å². The predicted molar refractivity (Wildman–Crippen MR) is 68.8 cm³/mol. The SMILES string of the molecule is Cc1nn(C)cc1-c1nc(NN)cc(C2CC2)n1. The number of nitrogens with one attached hydrogen (secondary N) is 1. The van der Waals surface area contributed by atoms with Crippen LogP contribution in [-0.2, 0) is 7.05 Å². The zero-order valence-corrected chi connectivity index (χ0v) is 10.5. The molecule has 0 bridgehead atoms. The molecule has 0 radical (unpaired) electrons. The summed E-state index contributed by atoms with van der Waals surface area (Å²) in [5, 5.41) is 4.32. The van der Waals surface area contributed by atoms with E-state index in [2.05, 4.69) is 20.5 Å². The van der Waals surface area contributed by atoms with E-state index in [1.54, 1.807) is 4.68 Å². The van der Waals surface area contributed by atoms with E-state index in [0.717, 1.165) is 17.0 Å². The summed E-state index contributed by atoms with van der Waals surface area (Å²) in [5.41, 5.74) is 5.55. The summed E-state index contributed by atoms with van der Waals surface area (Å²) in [6, 6.07) is 1.92. The molecule has 3 N–H and O–H groups in total. The van der Waals surface area contributed by atoms with Gasteiger partial charge in [0.05, 0.1) is 11.3 Å². The van der Waals surface area contributed by atoms with Crippen molar-refractivity contribution in [3.63, 3.8) is 0 Å². The molecule has 0 unspecified atom stereocenters. The molecule has 1 aliphatic rings.